The van der Waals surface area contributed by atoms with Gasteiger partial charge in [0.2, 0.25) is 11.0 Å². The molecule has 2 aromatic rings. The molecule has 1 amide bonds. The number of hydrogen-bond donors (Lipinski definition) is 2. The predicted molar refractivity (Wildman–Crippen MR) is 92.2 cm³/mol. The van der Waals surface area contributed by atoms with E-state index in [-0.39, 0.29) is 30.2 Å². The van der Waals surface area contributed by atoms with Gasteiger partial charge in [-0.15, -0.1) is 22.6 Å². The molecule has 2 N–H and O–H groups in total. The molecular weight excluding hydrogens is 355 g/mol. The summed E-state index contributed by atoms with van der Waals surface area (Å²) in [5.41, 5.74) is 0.560. The van der Waals surface area contributed by atoms with E-state index in [1.165, 1.54) is 17.4 Å². The Balaban J connectivity index is 0.00000208. The summed E-state index contributed by atoms with van der Waals surface area (Å²) in [6.45, 7) is 1.96. The van der Waals surface area contributed by atoms with Gasteiger partial charge in [0.05, 0.1) is 13.2 Å². The molecule has 0 radical (unpaired) electrons. The summed E-state index contributed by atoms with van der Waals surface area (Å²) in [6, 6.07) is 6.58. The number of amides is 1. The summed E-state index contributed by atoms with van der Waals surface area (Å²) >= 11 is 1.25. The first-order chi connectivity index (χ1) is 11.2. The Morgan fingerprint density at radius 1 is 1.42 bits per heavy atom. The minimum atomic E-state index is -0.267. The van der Waals surface area contributed by atoms with Crippen molar-refractivity contribution in [1.29, 1.82) is 0 Å². The van der Waals surface area contributed by atoms with Crippen LogP contribution in [0.25, 0.3) is 0 Å². The topological polar surface area (TPSA) is 76.1 Å². The van der Waals surface area contributed by atoms with Gasteiger partial charge in [0.25, 0.3) is 0 Å². The van der Waals surface area contributed by atoms with Gasteiger partial charge in [0, 0.05) is 25.4 Å². The molecule has 1 aromatic heterocycles. The first kappa shape index (κ1) is 18.7. The molecule has 1 fully saturated rings. The number of morpholine rings is 1. The van der Waals surface area contributed by atoms with Gasteiger partial charge in [0.1, 0.15) is 10.8 Å². The van der Waals surface area contributed by atoms with E-state index < -0.39 is 0 Å². The van der Waals surface area contributed by atoms with Crippen molar-refractivity contribution >= 4 is 34.8 Å². The molecule has 0 saturated carbocycles. The zero-order valence-electron chi connectivity index (χ0n) is 12.8. The molecule has 6 nitrogen and oxygen atoms in total. The number of anilines is 1. The highest BCUT2D eigenvalue weighted by atomic mass is 35.5. The van der Waals surface area contributed by atoms with Gasteiger partial charge >= 0.3 is 0 Å². The molecular formula is C15H18ClFN4O2S. The average Bonchev–Trinajstić information content (AvgIpc) is 2.97. The molecule has 1 aliphatic rings. The van der Waals surface area contributed by atoms with Gasteiger partial charge < -0.3 is 15.4 Å². The van der Waals surface area contributed by atoms with Crippen molar-refractivity contribution in [2.75, 3.05) is 25.1 Å². The Morgan fingerprint density at radius 2 is 2.25 bits per heavy atom. The molecule has 1 aromatic carbocycles. The van der Waals surface area contributed by atoms with E-state index >= 15 is 0 Å². The molecule has 0 aliphatic carbocycles. The smallest absolute Gasteiger partial charge is 0.227 e. The highest BCUT2D eigenvalue weighted by Crippen LogP contribution is 2.20. The number of benzene rings is 1. The number of carbonyl (C=O) groups excluding carboxylic acids is 1. The number of ether oxygens (including phenoxy) is 1. The molecule has 24 heavy (non-hydrogen) atoms. The van der Waals surface area contributed by atoms with Gasteiger partial charge in [-0.3, -0.25) is 4.79 Å². The van der Waals surface area contributed by atoms with Crippen molar-refractivity contribution in [2.24, 2.45) is 0 Å². The summed E-state index contributed by atoms with van der Waals surface area (Å²) in [5, 5.41) is 15.0. The fraction of sp³-hybridized carbons (Fsp3) is 0.400. The monoisotopic (exact) mass is 372 g/mol. The van der Waals surface area contributed by atoms with Gasteiger partial charge in [-0.1, -0.05) is 29.5 Å². The van der Waals surface area contributed by atoms with Crippen molar-refractivity contribution in [3.8, 4) is 0 Å². The van der Waals surface area contributed by atoms with Gasteiger partial charge in [0.15, 0.2) is 0 Å². The van der Waals surface area contributed by atoms with E-state index in [9.17, 15) is 9.18 Å². The summed E-state index contributed by atoms with van der Waals surface area (Å²) < 4.78 is 18.9. The maximum absolute atomic E-state index is 13.6. The third kappa shape index (κ3) is 5.20. The van der Waals surface area contributed by atoms with Crippen molar-refractivity contribution in [3.63, 3.8) is 0 Å². The number of aromatic nitrogens is 2. The molecule has 1 saturated heterocycles. The fourth-order valence-electron chi connectivity index (χ4n) is 2.33. The van der Waals surface area contributed by atoms with E-state index in [4.69, 9.17) is 4.74 Å². The molecule has 1 unspecified atom stereocenters. The standard InChI is InChI=1S/C15H17FN4O2S.ClH/c16-12-4-2-1-3-10(12)7-14-19-20-15(23-14)18-13(21)8-11-9-22-6-5-17-11;/h1-4,11,17H,5-9H2,(H,18,20,21);1H. The van der Waals surface area contributed by atoms with Crippen LogP contribution >= 0.6 is 23.7 Å². The second-order valence-electron chi connectivity index (χ2n) is 5.25. The Labute approximate surface area is 149 Å². The normalized spacial score (nSPS) is 17.1. The fourth-order valence-corrected chi connectivity index (χ4v) is 3.10. The Hall–Kier alpha value is -1.61. The molecule has 0 spiro atoms. The predicted octanol–water partition coefficient (Wildman–Crippen LogP) is 2.01. The molecule has 2 heterocycles. The highest BCUT2D eigenvalue weighted by Gasteiger charge is 2.18. The van der Waals surface area contributed by atoms with Crippen molar-refractivity contribution in [3.05, 3.63) is 40.7 Å². The number of halogens is 2. The van der Waals surface area contributed by atoms with E-state index in [2.05, 4.69) is 20.8 Å². The molecule has 9 heteroatoms. The van der Waals surface area contributed by atoms with Crippen LogP contribution in [-0.4, -0.2) is 41.9 Å². The second kappa shape index (κ2) is 9.03. The molecule has 0 bridgehead atoms. The van der Waals surface area contributed by atoms with Gasteiger partial charge in [-0.05, 0) is 11.6 Å². The molecule has 1 atom stereocenters. The Kier molecular flexibility index (Phi) is 7.04. The molecule has 130 valence electrons. The van der Waals surface area contributed by atoms with Crippen molar-refractivity contribution < 1.29 is 13.9 Å². The van der Waals surface area contributed by atoms with Gasteiger partial charge in [-0.25, -0.2) is 4.39 Å². The maximum Gasteiger partial charge on any atom is 0.227 e. The van der Waals surface area contributed by atoms with Crippen LogP contribution in [0, 0.1) is 5.82 Å². The minimum Gasteiger partial charge on any atom is -0.378 e. The van der Waals surface area contributed by atoms with Crippen LogP contribution in [0.3, 0.4) is 0 Å². The highest BCUT2D eigenvalue weighted by molar-refractivity contribution is 7.15. The van der Waals surface area contributed by atoms with Crippen LogP contribution in [0.2, 0.25) is 0 Å². The molecule has 1 aliphatic heterocycles. The van der Waals surface area contributed by atoms with Crippen LogP contribution in [0.4, 0.5) is 9.52 Å². The third-order valence-electron chi connectivity index (χ3n) is 3.44. The van der Waals surface area contributed by atoms with Crippen molar-refractivity contribution in [1.82, 2.24) is 15.5 Å². The van der Waals surface area contributed by atoms with E-state index in [0.717, 1.165) is 6.54 Å². The Morgan fingerprint density at radius 3 is 3.00 bits per heavy atom. The number of nitrogens with zero attached hydrogens (tertiary/aromatic N) is 2. The lowest BCUT2D eigenvalue weighted by Gasteiger charge is -2.22. The lowest BCUT2D eigenvalue weighted by Crippen LogP contribution is -2.43. The summed E-state index contributed by atoms with van der Waals surface area (Å²) in [4.78, 5) is 12.0. The van der Waals surface area contributed by atoms with Crippen molar-refractivity contribution in [2.45, 2.75) is 18.9 Å². The summed E-state index contributed by atoms with van der Waals surface area (Å²) in [5.74, 6) is -0.404. The number of rotatable bonds is 5. The van der Waals surface area contributed by atoms with Crippen LogP contribution in [0.1, 0.15) is 17.0 Å². The number of hydrogen-bond acceptors (Lipinski definition) is 6. The SMILES string of the molecule is Cl.O=C(CC1COCCN1)Nc1nnc(Cc2ccccc2F)s1. The van der Waals surface area contributed by atoms with Crippen LogP contribution in [-0.2, 0) is 16.0 Å². The van der Waals surface area contributed by atoms with Crippen LogP contribution in [0.15, 0.2) is 24.3 Å². The first-order valence-electron chi connectivity index (χ1n) is 7.37. The maximum atomic E-state index is 13.6. The zero-order valence-corrected chi connectivity index (χ0v) is 14.5. The number of nitrogens with one attached hydrogen (secondary N) is 2. The Bertz CT molecular complexity index is 679. The number of carbonyl (C=O) groups is 1. The quantitative estimate of drug-likeness (QED) is 0.839. The molecule has 3 rings (SSSR count). The van der Waals surface area contributed by atoms with Crippen LogP contribution in [0.5, 0.6) is 0 Å². The lowest BCUT2D eigenvalue weighted by atomic mass is 10.1. The summed E-state index contributed by atoms with van der Waals surface area (Å²) in [6.07, 6.45) is 0.681. The average molecular weight is 373 g/mol. The first-order valence-corrected chi connectivity index (χ1v) is 8.19. The van der Waals surface area contributed by atoms with E-state index in [1.807, 2.05) is 0 Å². The largest absolute Gasteiger partial charge is 0.378 e. The van der Waals surface area contributed by atoms with Crippen LogP contribution < -0.4 is 10.6 Å². The van der Waals surface area contributed by atoms with Gasteiger partial charge in [-0.2, -0.15) is 0 Å². The van der Waals surface area contributed by atoms with E-state index in [0.29, 0.717) is 41.8 Å². The summed E-state index contributed by atoms with van der Waals surface area (Å²) in [7, 11) is 0. The lowest BCUT2D eigenvalue weighted by molar-refractivity contribution is -0.117. The third-order valence-corrected chi connectivity index (χ3v) is 4.28. The second-order valence-corrected chi connectivity index (χ2v) is 6.31. The zero-order chi connectivity index (χ0) is 16.1. The minimum absolute atomic E-state index is 0. The van der Waals surface area contributed by atoms with E-state index in [1.54, 1.807) is 18.2 Å².